The summed E-state index contributed by atoms with van der Waals surface area (Å²) in [7, 11) is 0. The molecule has 5 heteroatoms. The van der Waals surface area contributed by atoms with Gasteiger partial charge in [-0.3, -0.25) is 4.79 Å². The van der Waals surface area contributed by atoms with Crippen LogP contribution < -0.4 is 4.90 Å². The van der Waals surface area contributed by atoms with Crippen LogP contribution in [0.5, 0.6) is 0 Å². The monoisotopic (exact) mass is 337 g/mol. The minimum absolute atomic E-state index is 0.132. The van der Waals surface area contributed by atoms with Crippen molar-refractivity contribution in [2.45, 2.75) is 31.5 Å². The average Bonchev–Trinajstić information content (AvgIpc) is 3.29. The van der Waals surface area contributed by atoms with E-state index in [1.807, 2.05) is 30.3 Å². The molecule has 4 rings (SSSR count). The van der Waals surface area contributed by atoms with Gasteiger partial charge in [-0.15, -0.1) is 0 Å². The minimum atomic E-state index is -0.997. The minimum Gasteiger partial charge on any atom is -0.479 e. The molecule has 2 aliphatic heterocycles. The second kappa shape index (κ2) is 6.33. The maximum Gasteiger partial charge on any atom is 0.332 e. The second-order valence-corrected chi connectivity index (χ2v) is 6.44. The molecule has 0 saturated carbocycles. The lowest BCUT2D eigenvalue weighted by molar-refractivity contribution is -0.151. The van der Waals surface area contributed by atoms with Gasteiger partial charge in [0, 0.05) is 12.2 Å². The molecule has 128 valence electrons. The van der Waals surface area contributed by atoms with E-state index in [4.69, 9.17) is 9.84 Å². The summed E-state index contributed by atoms with van der Waals surface area (Å²) < 4.78 is 5.44. The Hall–Kier alpha value is -2.66. The summed E-state index contributed by atoms with van der Waals surface area (Å²) in [5, 5.41) is 9.05. The molecule has 2 heterocycles. The summed E-state index contributed by atoms with van der Waals surface area (Å²) in [5.41, 5.74) is 4.35. The molecule has 0 bridgehead atoms. The molecule has 0 aliphatic carbocycles. The molecular weight excluding hydrogens is 318 g/mol. The zero-order valence-electron chi connectivity index (χ0n) is 13.7. The Balaban J connectivity index is 1.61. The van der Waals surface area contributed by atoms with Gasteiger partial charge in [0.2, 0.25) is 0 Å². The molecule has 2 atom stereocenters. The van der Waals surface area contributed by atoms with Gasteiger partial charge in [-0.1, -0.05) is 42.5 Å². The molecule has 2 aliphatic rings. The Labute approximate surface area is 145 Å². The third-order valence-corrected chi connectivity index (χ3v) is 4.95. The van der Waals surface area contributed by atoms with Crippen molar-refractivity contribution in [3.8, 4) is 11.1 Å². The second-order valence-electron chi connectivity index (χ2n) is 6.44. The molecule has 1 fully saturated rings. The van der Waals surface area contributed by atoms with Crippen molar-refractivity contribution in [3.05, 3.63) is 54.1 Å². The van der Waals surface area contributed by atoms with Crippen LogP contribution in [0.1, 0.15) is 18.4 Å². The van der Waals surface area contributed by atoms with Gasteiger partial charge < -0.3 is 14.7 Å². The van der Waals surface area contributed by atoms with Crippen LogP contribution in [0.3, 0.4) is 0 Å². The molecule has 1 amide bonds. The van der Waals surface area contributed by atoms with Crippen molar-refractivity contribution in [1.29, 1.82) is 0 Å². The lowest BCUT2D eigenvalue weighted by Crippen LogP contribution is -2.38. The molecule has 0 aromatic heterocycles. The van der Waals surface area contributed by atoms with Crippen molar-refractivity contribution in [2.24, 2.45) is 0 Å². The molecule has 25 heavy (non-hydrogen) atoms. The lowest BCUT2D eigenvalue weighted by atomic mass is 9.98. The highest BCUT2D eigenvalue weighted by atomic mass is 16.5. The van der Waals surface area contributed by atoms with Crippen LogP contribution >= 0.6 is 0 Å². The summed E-state index contributed by atoms with van der Waals surface area (Å²) in [5.74, 6) is -1.13. The summed E-state index contributed by atoms with van der Waals surface area (Å²) in [6.45, 7) is 0.607. The van der Waals surface area contributed by atoms with Gasteiger partial charge in [-0.25, -0.2) is 4.79 Å². The number of carbonyl (C=O) groups excluding carboxylic acids is 1. The first-order chi connectivity index (χ1) is 12.1. The molecule has 1 saturated heterocycles. The van der Waals surface area contributed by atoms with Gasteiger partial charge in [0.25, 0.3) is 5.91 Å². The molecule has 0 radical (unpaired) electrons. The molecule has 0 spiro atoms. The number of ether oxygens (including phenoxy) is 1. The fourth-order valence-electron chi connectivity index (χ4n) is 3.73. The number of carbonyl (C=O) groups is 2. The standard InChI is InChI=1S/C20H19NO4/c22-19(17-9-10-18(25-17)20(23)24)21-12-11-15-14(7-4-8-16(15)21)13-5-2-1-3-6-13/h1-8,17-18H,9-12H2,(H,23,24)/t17-,18+/m0/s1. The number of carboxylic acids is 1. The van der Waals surface area contributed by atoms with E-state index in [2.05, 4.69) is 18.2 Å². The van der Waals surface area contributed by atoms with E-state index in [9.17, 15) is 9.59 Å². The number of benzene rings is 2. The van der Waals surface area contributed by atoms with Crippen LogP contribution in [0.25, 0.3) is 11.1 Å². The molecule has 0 unspecified atom stereocenters. The quantitative estimate of drug-likeness (QED) is 0.935. The van der Waals surface area contributed by atoms with Crippen LogP contribution in [-0.4, -0.2) is 35.7 Å². The van der Waals surface area contributed by atoms with Crippen LogP contribution in [0.15, 0.2) is 48.5 Å². The van der Waals surface area contributed by atoms with Gasteiger partial charge in [0.05, 0.1) is 0 Å². The highest BCUT2D eigenvalue weighted by Crippen LogP contribution is 2.37. The van der Waals surface area contributed by atoms with Gasteiger partial charge in [-0.05, 0) is 42.0 Å². The van der Waals surface area contributed by atoms with E-state index in [0.29, 0.717) is 19.4 Å². The van der Waals surface area contributed by atoms with Gasteiger partial charge in [0.15, 0.2) is 6.10 Å². The smallest absolute Gasteiger partial charge is 0.332 e. The van der Waals surface area contributed by atoms with Gasteiger partial charge in [-0.2, -0.15) is 0 Å². The van der Waals surface area contributed by atoms with Crippen molar-refractivity contribution < 1.29 is 19.4 Å². The maximum absolute atomic E-state index is 12.8. The average molecular weight is 337 g/mol. The van der Waals surface area contributed by atoms with E-state index in [1.54, 1.807) is 4.90 Å². The fraction of sp³-hybridized carbons (Fsp3) is 0.300. The molecule has 5 nitrogen and oxygen atoms in total. The summed E-state index contributed by atoms with van der Waals surface area (Å²) in [6.07, 6.45) is 0.108. The Morgan fingerprint density at radius 1 is 1.00 bits per heavy atom. The van der Waals surface area contributed by atoms with E-state index < -0.39 is 18.2 Å². The Bertz CT molecular complexity index is 818. The van der Waals surface area contributed by atoms with Crippen molar-refractivity contribution in [3.63, 3.8) is 0 Å². The van der Waals surface area contributed by atoms with Crippen molar-refractivity contribution in [2.75, 3.05) is 11.4 Å². The molecular formula is C20H19NO4. The van der Waals surface area contributed by atoms with E-state index >= 15 is 0 Å². The third-order valence-electron chi connectivity index (χ3n) is 4.95. The number of rotatable bonds is 3. The first kappa shape index (κ1) is 15.8. The summed E-state index contributed by atoms with van der Waals surface area (Å²) in [4.78, 5) is 25.6. The number of anilines is 1. The largest absolute Gasteiger partial charge is 0.479 e. The molecule has 1 N–H and O–H groups in total. The first-order valence-electron chi connectivity index (χ1n) is 8.52. The molecule has 2 aromatic carbocycles. The number of hydrogen-bond donors (Lipinski definition) is 1. The number of hydrogen-bond acceptors (Lipinski definition) is 3. The highest BCUT2D eigenvalue weighted by Gasteiger charge is 2.39. The highest BCUT2D eigenvalue weighted by molar-refractivity contribution is 6.00. The SMILES string of the molecule is O=C(O)[C@H]1CC[C@@H](C(=O)N2CCc3c(-c4ccccc4)cccc32)O1. The Morgan fingerprint density at radius 2 is 1.76 bits per heavy atom. The van der Waals surface area contributed by atoms with Crippen LogP contribution in [0.2, 0.25) is 0 Å². The van der Waals surface area contributed by atoms with Crippen LogP contribution in [0, 0.1) is 0 Å². The third kappa shape index (κ3) is 2.81. The fourth-order valence-corrected chi connectivity index (χ4v) is 3.73. The van der Waals surface area contributed by atoms with Gasteiger partial charge >= 0.3 is 5.97 Å². The lowest BCUT2D eigenvalue weighted by Gasteiger charge is -2.21. The topological polar surface area (TPSA) is 66.8 Å². The number of carboxylic acid groups (broad SMARTS) is 1. The Kier molecular flexibility index (Phi) is 4.01. The summed E-state index contributed by atoms with van der Waals surface area (Å²) in [6, 6.07) is 16.1. The maximum atomic E-state index is 12.8. The van der Waals surface area contributed by atoms with E-state index in [0.717, 1.165) is 28.8 Å². The van der Waals surface area contributed by atoms with Crippen LogP contribution in [-0.2, 0) is 20.7 Å². The number of fused-ring (bicyclic) bond motifs is 1. The van der Waals surface area contributed by atoms with E-state index in [1.165, 1.54) is 0 Å². The Morgan fingerprint density at radius 3 is 2.48 bits per heavy atom. The van der Waals surface area contributed by atoms with Crippen molar-refractivity contribution >= 4 is 17.6 Å². The van der Waals surface area contributed by atoms with Crippen LogP contribution in [0.4, 0.5) is 5.69 Å². The first-order valence-corrected chi connectivity index (χ1v) is 8.52. The number of nitrogens with zero attached hydrogens (tertiary/aromatic N) is 1. The zero-order chi connectivity index (χ0) is 17.4. The number of amides is 1. The predicted octanol–water partition coefficient (Wildman–Crippen LogP) is 2.87. The summed E-state index contributed by atoms with van der Waals surface area (Å²) >= 11 is 0. The zero-order valence-corrected chi connectivity index (χ0v) is 13.7. The predicted molar refractivity (Wildman–Crippen MR) is 93.5 cm³/mol. The number of aliphatic carboxylic acids is 1. The van der Waals surface area contributed by atoms with Crippen molar-refractivity contribution in [1.82, 2.24) is 0 Å². The molecule has 2 aromatic rings. The van der Waals surface area contributed by atoms with E-state index in [-0.39, 0.29) is 5.91 Å². The normalized spacial score (nSPS) is 22.0. The van der Waals surface area contributed by atoms with Gasteiger partial charge in [0.1, 0.15) is 6.10 Å².